The SMILES string of the molecule is O=C(O)c1cnc(NC2CCc3ccccc32)nc1. The molecule has 0 bridgehead atoms. The smallest absolute Gasteiger partial charge is 0.338 e. The Kier molecular flexibility index (Phi) is 2.87. The van der Waals surface area contributed by atoms with Crippen LogP contribution in [0.3, 0.4) is 0 Å². The number of fused-ring (bicyclic) bond motifs is 1. The van der Waals surface area contributed by atoms with Crippen molar-refractivity contribution in [3.63, 3.8) is 0 Å². The van der Waals surface area contributed by atoms with Crippen molar-refractivity contribution >= 4 is 11.9 Å². The summed E-state index contributed by atoms with van der Waals surface area (Å²) in [4.78, 5) is 18.8. The predicted molar refractivity (Wildman–Crippen MR) is 70.1 cm³/mol. The van der Waals surface area contributed by atoms with Gasteiger partial charge in [-0.05, 0) is 24.0 Å². The number of aromatic nitrogens is 2. The highest BCUT2D eigenvalue weighted by atomic mass is 16.4. The number of anilines is 1. The number of nitrogens with zero attached hydrogens (tertiary/aromatic N) is 2. The quantitative estimate of drug-likeness (QED) is 0.880. The monoisotopic (exact) mass is 255 g/mol. The molecule has 0 fully saturated rings. The predicted octanol–water partition coefficient (Wildman–Crippen LogP) is 2.27. The number of carboxylic acid groups (broad SMARTS) is 1. The van der Waals surface area contributed by atoms with Crippen LogP contribution in [0.1, 0.15) is 33.9 Å². The maximum absolute atomic E-state index is 10.7. The minimum absolute atomic E-state index is 0.0948. The van der Waals surface area contributed by atoms with Gasteiger partial charge in [0, 0.05) is 12.4 Å². The molecule has 1 heterocycles. The molecular weight excluding hydrogens is 242 g/mol. The topological polar surface area (TPSA) is 75.1 Å². The van der Waals surface area contributed by atoms with Gasteiger partial charge in [0.25, 0.3) is 0 Å². The van der Waals surface area contributed by atoms with Crippen molar-refractivity contribution < 1.29 is 9.90 Å². The molecule has 1 unspecified atom stereocenters. The lowest BCUT2D eigenvalue weighted by atomic mass is 10.1. The first-order chi connectivity index (χ1) is 9.24. The summed E-state index contributed by atoms with van der Waals surface area (Å²) in [6.07, 6.45) is 4.68. The van der Waals surface area contributed by atoms with Crippen molar-refractivity contribution in [1.82, 2.24) is 9.97 Å². The van der Waals surface area contributed by atoms with Crippen LogP contribution in [0, 0.1) is 0 Å². The van der Waals surface area contributed by atoms with Crippen LogP contribution in [0.4, 0.5) is 5.95 Å². The molecule has 1 aliphatic rings. The average Bonchev–Trinajstić information content (AvgIpc) is 2.83. The second kappa shape index (κ2) is 4.68. The molecule has 96 valence electrons. The summed E-state index contributed by atoms with van der Waals surface area (Å²) in [7, 11) is 0. The van der Waals surface area contributed by atoms with Gasteiger partial charge in [-0.3, -0.25) is 0 Å². The van der Waals surface area contributed by atoms with Crippen molar-refractivity contribution in [3.8, 4) is 0 Å². The number of nitrogens with one attached hydrogen (secondary N) is 1. The highest BCUT2D eigenvalue weighted by Gasteiger charge is 2.22. The third kappa shape index (κ3) is 2.27. The zero-order valence-corrected chi connectivity index (χ0v) is 10.2. The zero-order chi connectivity index (χ0) is 13.2. The molecule has 0 amide bonds. The number of aromatic carboxylic acids is 1. The van der Waals surface area contributed by atoms with Crippen LogP contribution in [0.2, 0.25) is 0 Å². The van der Waals surface area contributed by atoms with Gasteiger partial charge in [0.1, 0.15) is 0 Å². The Morgan fingerprint density at radius 2 is 2.00 bits per heavy atom. The van der Waals surface area contributed by atoms with Crippen LogP contribution >= 0.6 is 0 Å². The average molecular weight is 255 g/mol. The first-order valence-electron chi connectivity index (χ1n) is 6.14. The van der Waals surface area contributed by atoms with Gasteiger partial charge in [0.05, 0.1) is 11.6 Å². The van der Waals surface area contributed by atoms with Gasteiger partial charge in [-0.15, -0.1) is 0 Å². The van der Waals surface area contributed by atoms with Gasteiger partial charge >= 0.3 is 5.97 Å². The van der Waals surface area contributed by atoms with E-state index in [9.17, 15) is 4.79 Å². The number of aryl methyl sites for hydroxylation is 1. The van der Waals surface area contributed by atoms with E-state index in [0.29, 0.717) is 5.95 Å². The number of carboxylic acids is 1. The van der Waals surface area contributed by atoms with Crippen LogP contribution < -0.4 is 5.32 Å². The Morgan fingerprint density at radius 3 is 2.74 bits per heavy atom. The van der Waals surface area contributed by atoms with E-state index in [2.05, 4.69) is 27.4 Å². The van der Waals surface area contributed by atoms with Crippen LogP contribution in [-0.2, 0) is 6.42 Å². The Morgan fingerprint density at radius 1 is 1.26 bits per heavy atom. The molecule has 1 aliphatic carbocycles. The zero-order valence-electron chi connectivity index (χ0n) is 10.2. The largest absolute Gasteiger partial charge is 0.478 e. The first-order valence-corrected chi connectivity index (χ1v) is 6.14. The summed E-state index contributed by atoms with van der Waals surface area (Å²) in [5, 5.41) is 12.0. The fourth-order valence-corrected chi connectivity index (χ4v) is 2.38. The van der Waals surface area contributed by atoms with Gasteiger partial charge in [-0.2, -0.15) is 0 Å². The Hall–Kier alpha value is -2.43. The normalized spacial score (nSPS) is 16.9. The first kappa shape index (κ1) is 11.6. The van der Waals surface area contributed by atoms with E-state index in [-0.39, 0.29) is 11.6 Å². The van der Waals surface area contributed by atoms with Gasteiger partial charge in [0.2, 0.25) is 5.95 Å². The molecule has 1 aromatic carbocycles. The lowest BCUT2D eigenvalue weighted by Gasteiger charge is -2.13. The summed E-state index contributed by atoms with van der Waals surface area (Å²) in [6.45, 7) is 0. The molecule has 0 radical (unpaired) electrons. The fourth-order valence-electron chi connectivity index (χ4n) is 2.38. The van der Waals surface area contributed by atoms with Crippen molar-refractivity contribution in [2.24, 2.45) is 0 Å². The van der Waals surface area contributed by atoms with E-state index < -0.39 is 5.97 Å². The third-order valence-electron chi connectivity index (χ3n) is 3.33. The van der Waals surface area contributed by atoms with Gasteiger partial charge in [-0.25, -0.2) is 14.8 Å². The molecule has 0 spiro atoms. The minimum Gasteiger partial charge on any atom is -0.478 e. The van der Waals surface area contributed by atoms with Gasteiger partial charge in [-0.1, -0.05) is 24.3 Å². The fraction of sp³-hybridized carbons (Fsp3) is 0.214. The molecule has 2 aromatic rings. The van der Waals surface area contributed by atoms with E-state index in [4.69, 9.17) is 5.11 Å². The van der Waals surface area contributed by atoms with Crippen molar-refractivity contribution in [2.45, 2.75) is 18.9 Å². The number of benzene rings is 1. The summed E-state index contributed by atoms with van der Waals surface area (Å²) in [5.74, 6) is -0.551. The van der Waals surface area contributed by atoms with Crippen LogP contribution in [0.15, 0.2) is 36.7 Å². The minimum atomic E-state index is -1.02. The maximum atomic E-state index is 10.7. The second-order valence-corrected chi connectivity index (χ2v) is 4.53. The number of hydrogen-bond donors (Lipinski definition) is 2. The molecule has 19 heavy (non-hydrogen) atoms. The summed E-state index contributed by atoms with van der Waals surface area (Å²) in [5.41, 5.74) is 2.72. The molecule has 1 aromatic heterocycles. The molecule has 1 atom stereocenters. The van der Waals surface area contributed by atoms with E-state index in [0.717, 1.165) is 12.8 Å². The summed E-state index contributed by atoms with van der Waals surface area (Å²) < 4.78 is 0. The van der Waals surface area contributed by atoms with Crippen LogP contribution in [0.5, 0.6) is 0 Å². The molecule has 5 nitrogen and oxygen atoms in total. The van der Waals surface area contributed by atoms with Crippen LogP contribution in [0.25, 0.3) is 0 Å². The summed E-state index contributed by atoms with van der Waals surface area (Å²) in [6, 6.07) is 8.50. The van der Waals surface area contributed by atoms with Crippen LogP contribution in [-0.4, -0.2) is 21.0 Å². The third-order valence-corrected chi connectivity index (χ3v) is 3.33. The Labute approximate surface area is 110 Å². The maximum Gasteiger partial charge on any atom is 0.338 e. The highest BCUT2D eigenvalue weighted by Crippen LogP contribution is 2.32. The molecule has 3 rings (SSSR count). The van der Waals surface area contributed by atoms with Gasteiger partial charge in [0.15, 0.2) is 0 Å². The van der Waals surface area contributed by atoms with Gasteiger partial charge < -0.3 is 10.4 Å². The molecule has 2 N–H and O–H groups in total. The number of rotatable bonds is 3. The highest BCUT2D eigenvalue weighted by molar-refractivity contribution is 5.86. The standard InChI is InChI=1S/C14H13N3O2/c18-13(19)10-7-15-14(16-8-10)17-12-6-5-9-3-1-2-4-11(9)12/h1-4,7-8,12H,5-6H2,(H,18,19)(H,15,16,17). The molecule has 0 aliphatic heterocycles. The molecule has 0 saturated carbocycles. The molecule has 0 saturated heterocycles. The Balaban J connectivity index is 1.78. The lowest BCUT2D eigenvalue weighted by molar-refractivity contribution is 0.0696. The van der Waals surface area contributed by atoms with Crippen molar-refractivity contribution in [1.29, 1.82) is 0 Å². The van der Waals surface area contributed by atoms with E-state index >= 15 is 0 Å². The van der Waals surface area contributed by atoms with E-state index in [1.165, 1.54) is 23.5 Å². The molecule has 5 heteroatoms. The lowest BCUT2D eigenvalue weighted by Crippen LogP contribution is -2.10. The number of hydrogen-bond acceptors (Lipinski definition) is 4. The second-order valence-electron chi connectivity index (χ2n) is 4.53. The van der Waals surface area contributed by atoms with Crippen molar-refractivity contribution in [3.05, 3.63) is 53.3 Å². The van der Waals surface area contributed by atoms with E-state index in [1.54, 1.807) is 0 Å². The van der Waals surface area contributed by atoms with E-state index in [1.807, 2.05) is 12.1 Å². The number of carbonyl (C=O) groups is 1. The van der Waals surface area contributed by atoms with Crippen molar-refractivity contribution in [2.75, 3.05) is 5.32 Å². The summed E-state index contributed by atoms with van der Waals surface area (Å²) >= 11 is 0. The molecular formula is C14H13N3O2. The Bertz CT molecular complexity index is 610.